The van der Waals surface area contributed by atoms with E-state index < -0.39 is 32.5 Å². The fourth-order valence-corrected chi connectivity index (χ4v) is 1.84. The van der Waals surface area contributed by atoms with Crippen LogP contribution in [-0.4, -0.2) is 90.9 Å². The van der Waals surface area contributed by atoms with Crippen LogP contribution in [0.3, 0.4) is 0 Å². The summed E-state index contributed by atoms with van der Waals surface area (Å²) < 4.78 is 23.1. The van der Waals surface area contributed by atoms with Crippen molar-refractivity contribution in [2.75, 3.05) is 52.7 Å². The van der Waals surface area contributed by atoms with Gasteiger partial charge in [-0.3, -0.25) is 14.5 Å². The molecule has 0 saturated heterocycles. The van der Waals surface area contributed by atoms with Gasteiger partial charge < -0.3 is 43.7 Å². The molecule has 0 heterocycles. The first-order valence-electron chi connectivity index (χ1n) is 7.57. The number of rotatable bonds is 12. The molecule has 0 aliphatic heterocycles. The van der Waals surface area contributed by atoms with Gasteiger partial charge in [0, 0.05) is 33.5 Å². The van der Waals surface area contributed by atoms with Crippen molar-refractivity contribution in [2.45, 2.75) is 20.0 Å². The van der Waals surface area contributed by atoms with E-state index in [0.29, 0.717) is 19.6 Å². The summed E-state index contributed by atoms with van der Waals surface area (Å²) >= 11 is 0. The lowest BCUT2D eigenvalue weighted by atomic mass is 10.4. The van der Waals surface area contributed by atoms with Crippen molar-refractivity contribution in [3.63, 3.8) is 0 Å². The van der Waals surface area contributed by atoms with E-state index in [-0.39, 0.29) is 26.4 Å². The number of esters is 2. The van der Waals surface area contributed by atoms with Gasteiger partial charge in [-0.25, -0.2) is 0 Å². The van der Waals surface area contributed by atoms with Crippen molar-refractivity contribution in [2.24, 2.45) is 0 Å². The number of carbonyl (C=O) groups excluding carboxylic acids is 2. The number of hydrogen-bond acceptors (Lipinski definition) is 12. The van der Waals surface area contributed by atoms with E-state index >= 15 is 0 Å². The van der Waals surface area contributed by atoms with Crippen molar-refractivity contribution in [3.05, 3.63) is 0 Å². The molecule has 0 aromatic carbocycles. The van der Waals surface area contributed by atoms with Gasteiger partial charge in [0.15, 0.2) is 6.10 Å². The fourth-order valence-electron chi connectivity index (χ4n) is 1.50. The van der Waals surface area contributed by atoms with Gasteiger partial charge in [-0.1, -0.05) is 0 Å². The highest BCUT2D eigenvalue weighted by molar-refractivity contribution is 7.43. The van der Waals surface area contributed by atoms with E-state index in [1.165, 1.54) is 0 Å². The Kier molecular flexibility index (Phi) is 16.8. The van der Waals surface area contributed by atoms with Gasteiger partial charge in [0.1, 0.15) is 6.61 Å². The van der Waals surface area contributed by atoms with Crippen LogP contribution in [0.5, 0.6) is 0 Å². The van der Waals surface area contributed by atoms with Gasteiger partial charge in [-0.2, -0.15) is 0 Å². The molecule has 0 fully saturated rings. The predicted octanol–water partition coefficient (Wildman–Crippen LogP) is -3.41. The molecule has 0 radical (unpaired) electrons. The van der Waals surface area contributed by atoms with Crippen LogP contribution in [0, 0.1) is 0 Å². The van der Waals surface area contributed by atoms with Crippen molar-refractivity contribution in [3.8, 4) is 0 Å². The number of phosphoric ester groups is 1. The second kappa shape index (κ2) is 16.1. The zero-order valence-electron chi connectivity index (χ0n) is 14.7. The molecular weight excluding hydrogens is 377 g/mol. The van der Waals surface area contributed by atoms with E-state index in [4.69, 9.17) is 15.3 Å². The largest absolute Gasteiger partial charge is 0.790 e. The number of ether oxygens (including phenoxy) is 2. The first kappa shape index (κ1) is 27.1. The van der Waals surface area contributed by atoms with Crippen LogP contribution in [0.4, 0.5) is 0 Å². The standard InChI is InChI=1S/C7H13O8P.C6H15NO3/c1-5(8)13-3-7(15-6(2)9)4-14-16(10,11)12;8-4-1-7(2-5-9)3-6-10/h7H,3-4H2,1-2H3,(H2,10,11,12);8-10H,1-6H2/p-2. The lowest BCUT2D eigenvalue weighted by Gasteiger charge is -2.30. The average molecular weight is 403 g/mol. The monoisotopic (exact) mass is 403 g/mol. The number of nitrogens with zero attached hydrogens (tertiary/aromatic N) is 1. The Morgan fingerprint density at radius 2 is 1.42 bits per heavy atom. The lowest BCUT2D eigenvalue weighted by Crippen LogP contribution is -2.32. The predicted molar refractivity (Wildman–Crippen MR) is 83.4 cm³/mol. The Morgan fingerprint density at radius 3 is 1.73 bits per heavy atom. The molecule has 0 aliphatic rings. The molecule has 0 aromatic rings. The minimum Gasteiger partial charge on any atom is -0.790 e. The van der Waals surface area contributed by atoms with Crippen molar-refractivity contribution in [1.82, 2.24) is 4.90 Å². The molecule has 1 atom stereocenters. The average Bonchev–Trinajstić information content (AvgIpc) is 2.50. The number of carbonyl (C=O) groups is 2. The van der Waals surface area contributed by atoms with Crippen LogP contribution in [0.15, 0.2) is 0 Å². The number of aliphatic hydroxyl groups is 3. The highest BCUT2D eigenvalue weighted by atomic mass is 31.2. The van der Waals surface area contributed by atoms with Crippen LogP contribution in [0.25, 0.3) is 0 Å². The smallest absolute Gasteiger partial charge is 0.303 e. The molecule has 0 spiro atoms. The minimum absolute atomic E-state index is 0.0694. The Labute approximate surface area is 151 Å². The van der Waals surface area contributed by atoms with E-state index in [1.54, 1.807) is 4.90 Å². The van der Waals surface area contributed by atoms with Gasteiger partial charge in [0.25, 0.3) is 0 Å². The normalized spacial score (nSPS) is 12.2. The van der Waals surface area contributed by atoms with Crippen molar-refractivity contribution in [1.29, 1.82) is 0 Å². The van der Waals surface area contributed by atoms with E-state index in [0.717, 1.165) is 13.8 Å². The number of aliphatic hydroxyl groups excluding tert-OH is 3. The summed E-state index contributed by atoms with van der Waals surface area (Å²) in [6.07, 6.45) is -1.13. The van der Waals surface area contributed by atoms with Gasteiger partial charge >= 0.3 is 11.9 Å². The third kappa shape index (κ3) is 20.9. The molecule has 156 valence electrons. The quantitative estimate of drug-likeness (QED) is 0.217. The molecule has 13 heteroatoms. The van der Waals surface area contributed by atoms with Crippen LogP contribution >= 0.6 is 7.82 Å². The topological polar surface area (TPSA) is 189 Å². The number of hydrogen-bond donors (Lipinski definition) is 3. The second-order valence-electron chi connectivity index (χ2n) is 4.79. The summed E-state index contributed by atoms with van der Waals surface area (Å²) in [6, 6.07) is 0. The third-order valence-electron chi connectivity index (χ3n) is 2.47. The molecule has 1 unspecified atom stereocenters. The molecular formula is C13H26NO11P-2. The molecule has 0 amide bonds. The second-order valence-corrected chi connectivity index (χ2v) is 5.94. The summed E-state index contributed by atoms with van der Waals surface area (Å²) in [5.74, 6) is -1.35. The minimum atomic E-state index is -5.14. The maximum atomic E-state index is 10.6. The van der Waals surface area contributed by atoms with Crippen LogP contribution in [-0.2, 0) is 28.2 Å². The Bertz CT molecular complexity index is 414. The zero-order valence-corrected chi connectivity index (χ0v) is 15.6. The summed E-state index contributed by atoms with van der Waals surface area (Å²) in [6.45, 7) is 2.89. The van der Waals surface area contributed by atoms with E-state index in [1.807, 2.05) is 0 Å². The third-order valence-corrected chi connectivity index (χ3v) is 2.94. The van der Waals surface area contributed by atoms with Crippen LogP contribution < -0.4 is 9.79 Å². The number of phosphoric acid groups is 1. The first-order valence-corrected chi connectivity index (χ1v) is 9.03. The summed E-state index contributed by atoms with van der Waals surface area (Å²) in [7, 11) is -5.14. The zero-order chi connectivity index (χ0) is 20.6. The molecule has 3 N–H and O–H groups in total. The van der Waals surface area contributed by atoms with E-state index in [2.05, 4.69) is 14.0 Å². The van der Waals surface area contributed by atoms with Gasteiger partial charge in [0.05, 0.1) is 34.3 Å². The molecule has 26 heavy (non-hydrogen) atoms. The van der Waals surface area contributed by atoms with Crippen LogP contribution in [0.2, 0.25) is 0 Å². The highest BCUT2D eigenvalue weighted by Gasteiger charge is 2.15. The van der Waals surface area contributed by atoms with Crippen LogP contribution in [0.1, 0.15) is 13.8 Å². The maximum Gasteiger partial charge on any atom is 0.303 e. The molecule has 0 aromatic heterocycles. The molecule has 0 saturated carbocycles. The summed E-state index contributed by atoms with van der Waals surface area (Å²) in [5, 5.41) is 25.5. The molecule has 0 aliphatic carbocycles. The lowest BCUT2D eigenvalue weighted by molar-refractivity contribution is -0.342. The van der Waals surface area contributed by atoms with Crippen molar-refractivity contribution < 1.29 is 53.3 Å². The van der Waals surface area contributed by atoms with E-state index in [9.17, 15) is 23.9 Å². The molecule has 0 bridgehead atoms. The summed E-state index contributed by atoms with van der Waals surface area (Å²) in [4.78, 5) is 43.1. The van der Waals surface area contributed by atoms with Gasteiger partial charge in [-0.05, 0) is 0 Å². The summed E-state index contributed by atoms with van der Waals surface area (Å²) in [5.41, 5.74) is 0. The maximum absolute atomic E-state index is 10.6. The first-order chi connectivity index (χ1) is 12.1. The molecule has 0 rings (SSSR count). The fraction of sp³-hybridized carbons (Fsp3) is 0.846. The Morgan fingerprint density at radius 1 is 0.962 bits per heavy atom. The van der Waals surface area contributed by atoms with Gasteiger partial charge in [-0.15, -0.1) is 0 Å². The SMILES string of the molecule is CC(=O)OCC(COP(=O)([O-])[O-])OC(C)=O.OCCN(CCO)CCO. The highest BCUT2D eigenvalue weighted by Crippen LogP contribution is 2.24. The van der Waals surface area contributed by atoms with Gasteiger partial charge in [0.2, 0.25) is 0 Å². The Hall–Kier alpha value is -1.11. The van der Waals surface area contributed by atoms with Crippen molar-refractivity contribution >= 4 is 19.8 Å². The molecule has 12 nitrogen and oxygen atoms in total. The Balaban J connectivity index is 0.